The van der Waals surface area contributed by atoms with Crippen molar-refractivity contribution in [3.05, 3.63) is 35.9 Å². The van der Waals surface area contributed by atoms with Crippen LogP contribution in [0.3, 0.4) is 0 Å². The van der Waals surface area contributed by atoms with Crippen molar-refractivity contribution < 1.29 is 13.0 Å². The third-order valence-electron chi connectivity index (χ3n) is 2.59. The standard InChI is InChI=1S/C12H20N2O3S/c1-14(2)10-6-9-12(13-18(15,16)17)11-7-4-3-5-8-11/h3-5,7-8,12-13H,6,9-10H2,1-2H3,(H,15,16,17). The molecule has 0 aliphatic heterocycles. The normalized spacial score (nSPS) is 13.8. The molecule has 6 heteroatoms. The van der Waals surface area contributed by atoms with Gasteiger partial charge in [-0.25, -0.2) is 0 Å². The van der Waals surface area contributed by atoms with E-state index in [1.165, 1.54) is 0 Å². The summed E-state index contributed by atoms with van der Waals surface area (Å²) in [6.07, 6.45) is 1.48. The van der Waals surface area contributed by atoms with E-state index in [-0.39, 0.29) is 6.04 Å². The van der Waals surface area contributed by atoms with E-state index in [4.69, 9.17) is 4.55 Å². The summed E-state index contributed by atoms with van der Waals surface area (Å²) >= 11 is 0. The molecule has 0 aliphatic carbocycles. The SMILES string of the molecule is CN(C)CCCC(NS(=O)(=O)O)c1ccccc1. The van der Waals surface area contributed by atoms with E-state index < -0.39 is 10.3 Å². The number of hydrogen-bond acceptors (Lipinski definition) is 3. The van der Waals surface area contributed by atoms with E-state index in [0.29, 0.717) is 6.42 Å². The molecule has 18 heavy (non-hydrogen) atoms. The second-order valence-corrected chi connectivity index (χ2v) is 5.69. The van der Waals surface area contributed by atoms with Crippen molar-refractivity contribution in [3.8, 4) is 0 Å². The van der Waals surface area contributed by atoms with Crippen LogP contribution < -0.4 is 4.72 Å². The van der Waals surface area contributed by atoms with Gasteiger partial charge in [-0.3, -0.25) is 4.55 Å². The highest BCUT2D eigenvalue weighted by Crippen LogP contribution is 2.19. The Bertz CT molecular complexity index is 446. The molecule has 0 amide bonds. The Balaban J connectivity index is 2.70. The van der Waals surface area contributed by atoms with Crippen LogP contribution in [0.1, 0.15) is 24.4 Å². The average Bonchev–Trinajstić information content (AvgIpc) is 2.27. The van der Waals surface area contributed by atoms with Gasteiger partial charge in [-0.15, -0.1) is 0 Å². The Morgan fingerprint density at radius 2 is 1.89 bits per heavy atom. The first-order valence-corrected chi connectivity index (χ1v) is 7.27. The van der Waals surface area contributed by atoms with Gasteiger partial charge in [0.05, 0.1) is 0 Å². The van der Waals surface area contributed by atoms with Gasteiger partial charge in [0.2, 0.25) is 0 Å². The zero-order chi connectivity index (χ0) is 13.6. The van der Waals surface area contributed by atoms with E-state index in [1.807, 2.05) is 49.3 Å². The highest BCUT2D eigenvalue weighted by atomic mass is 32.2. The van der Waals surface area contributed by atoms with Crippen LogP contribution in [0, 0.1) is 0 Å². The maximum Gasteiger partial charge on any atom is 0.333 e. The van der Waals surface area contributed by atoms with Crippen LogP contribution in [-0.4, -0.2) is 38.5 Å². The Hall–Kier alpha value is -0.950. The van der Waals surface area contributed by atoms with Gasteiger partial charge >= 0.3 is 10.3 Å². The zero-order valence-electron chi connectivity index (χ0n) is 10.7. The summed E-state index contributed by atoms with van der Waals surface area (Å²) in [5.41, 5.74) is 0.855. The fraction of sp³-hybridized carbons (Fsp3) is 0.500. The van der Waals surface area contributed by atoms with E-state index in [9.17, 15) is 8.42 Å². The molecule has 1 atom stereocenters. The van der Waals surface area contributed by atoms with Gasteiger partial charge in [0.15, 0.2) is 0 Å². The molecule has 102 valence electrons. The quantitative estimate of drug-likeness (QED) is 0.737. The van der Waals surface area contributed by atoms with Crippen molar-refractivity contribution in [2.45, 2.75) is 18.9 Å². The molecule has 0 radical (unpaired) electrons. The first-order chi connectivity index (χ1) is 8.38. The molecule has 0 heterocycles. The lowest BCUT2D eigenvalue weighted by Gasteiger charge is -2.18. The van der Waals surface area contributed by atoms with Gasteiger partial charge in [0.1, 0.15) is 0 Å². The van der Waals surface area contributed by atoms with Crippen LogP contribution in [0.15, 0.2) is 30.3 Å². The highest BCUT2D eigenvalue weighted by Gasteiger charge is 2.16. The second kappa shape index (κ2) is 6.84. The lowest BCUT2D eigenvalue weighted by Crippen LogP contribution is -2.28. The van der Waals surface area contributed by atoms with E-state index in [1.54, 1.807) is 0 Å². The van der Waals surface area contributed by atoms with Crippen molar-refractivity contribution in [3.63, 3.8) is 0 Å². The largest absolute Gasteiger partial charge is 0.333 e. The molecule has 2 N–H and O–H groups in total. The molecule has 0 saturated carbocycles. The van der Waals surface area contributed by atoms with Crippen molar-refractivity contribution in [1.82, 2.24) is 9.62 Å². The molecule has 1 aromatic carbocycles. The van der Waals surface area contributed by atoms with Crippen LogP contribution in [0.25, 0.3) is 0 Å². The minimum absolute atomic E-state index is 0.388. The topological polar surface area (TPSA) is 69.6 Å². The summed E-state index contributed by atoms with van der Waals surface area (Å²) in [6, 6.07) is 8.87. The third kappa shape index (κ3) is 6.11. The van der Waals surface area contributed by atoms with E-state index in [2.05, 4.69) is 4.72 Å². The Morgan fingerprint density at radius 3 is 2.39 bits per heavy atom. The predicted molar refractivity (Wildman–Crippen MR) is 71.7 cm³/mol. The van der Waals surface area contributed by atoms with E-state index in [0.717, 1.165) is 18.5 Å². The number of benzene rings is 1. The van der Waals surface area contributed by atoms with Gasteiger partial charge in [0.25, 0.3) is 0 Å². The fourth-order valence-electron chi connectivity index (χ4n) is 1.77. The summed E-state index contributed by atoms with van der Waals surface area (Å²) in [4.78, 5) is 2.04. The molecule has 1 rings (SSSR count). The third-order valence-corrected chi connectivity index (χ3v) is 3.17. The Labute approximate surface area is 109 Å². The molecule has 5 nitrogen and oxygen atoms in total. The molecule has 0 saturated heterocycles. The summed E-state index contributed by atoms with van der Waals surface area (Å²) in [5, 5.41) is 0. The van der Waals surface area contributed by atoms with Crippen molar-refractivity contribution in [2.75, 3.05) is 20.6 Å². The van der Waals surface area contributed by atoms with Crippen LogP contribution >= 0.6 is 0 Å². The van der Waals surface area contributed by atoms with Gasteiger partial charge in [-0.05, 0) is 39.0 Å². The number of rotatable bonds is 7. The molecule has 0 bridgehead atoms. The first kappa shape index (κ1) is 15.1. The van der Waals surface area contributed by atoms with Gasteiger partial charge in [-0.1, -0.05) is 30.3 Å². The van der Waals surface area contributed by atoms with Gasteiger partial charge in [0, 0.05) is 6.04 Å². The summed E-state index contributed by atoms with van der Waals surface area (Å²) in [7, 11) is -0.254. The molecule has 0 fully saturated rings. The van der Waals surface area contributed by atoms with Crippen LogP contribution in [0.4, 0.5) is 0 Å². The van der Waals surface area contributed by atoms with Crippen molar-refractivity contribution in [1.29, 1.82) is 0 Å². The van der Waals surface area contributed by atoms with Gasteiger partial charge in [-0.2, -0.15) is 13.1 Å². The molecule has 1 unspecified atom stereocenters. The lowest BCUT2D eigenvalue weighted by molar-refractivity contribution is 0.377. The minimum atomic E-state index is -4.19. The van der Waals surface area contributed by atoms with Crippen LogP contribution in [0.5, 0.6) is 0 Å². The molecular formula is C12H20N2O3S. The summed E-state index contributed by atoms with van der Waals surface area (Å²) < 4.78 is 33.1. The van der Waals surface area contributed by atoms with Gasteiger partial charge < -0.3 is 4.90 Å². The first-order valence-electron chi connectivity index (χ1n) is 5.83. The summed E-state index contributed by atoms with van der Waals surface area (Å²) in [5.74, 6) is 0. The molecule has 0 aromatic heterocycles. The van der Waals surface area contributed by atoms with Crippen LogP contribution in [0.2, 0.25) is 0 Å². The fourth-order valence-corrected chi connectivity index (χ4v) is 2.38. The minimum Gasteiger partial charge on any atom is -0.309 e. The monoisotopic (exact) mass is 272 g/mol. The Morgan fingerprint density at radius 1 is 1.28 bits per heavy atom. The highest BCUT2D eigenvalue weighted by molar-refractivity contribution is 7.83. The van der Waals surface area contributed by atoms with Crippen molar-refractivity contribution in [2.24, 2.45) is 0 Å². The summed E-state index contributed by atoms with van der Waals surface area (Å²) in [6.45, 7) is 0.872. The smallest absolute Gasteiger partial charge is 0.309 e. The maximum absolute atomic E-state index is 10.9. The van der Waals surface area contributed by atoms with E-state index >= 15 is 0 Å². The predicted octanol–water partition coefficient (Wildman–Crippen LogP) is 1.46. The number of hydrogen-bond donors (Lipinski definition) is 2. The number of nitrogens with one attached hydrogen (secondary N) is 1. The molecule has 0 spiro atoms. The van der Waals surface area contributed by atoms with Crippen molar-refractivity contribution >= 4 is 10.3 Å². The molecular weight excluding hydrogens is 252 g/mol. The maximum atomic E-state index is 10.9. The number of nitrogens with zero attached hydrogens (tertiary/aromatic N) is 1. The Kier molecular flexibility index (Phi) is 5.74. The molecule has 1 aromatic rings. The average molecular weight is 272 g/mol. The van der Waals surface area contributed by atoms with Crippen LogP contribution in [-0.2, 0) is 10.3 Å². The second-order valence-electron chi connectivity index (χ2n) is 4.50. The lowest BCUT2D eigenvalue weighted by atomic mass is 10.0. The zero-order valence-corrected chi connectivity index (χ0v) is 11.5. The molecule has 0 aliphatic rings.